The number of nitrogens with one attached hydrogen (secondary N) is 1. The molecule has 22 heavy (non-hydrogen) atoms. The first-order chi connectivity index (χ1) is 10.6. The number of rotatable bonds is 2. The van der Waals surface area contributed by atoms with Crippen molar-refractivity contribution in [1.29, 1.82) is 0 Å². The highest BCUT2D eigenvalue weighted by Crippen LogP contribution is 2.15. The van der Waals surface area contributed by atoms with E-state index in [4.69, 9.17) is 0 Å². The van der Waals surface area contributed by atoms with E-state index in [9.17, 15) is 9.59 Å². The van der Waals surface area contributed by atoms with Gasteiger partial charge < -0.3 is 9.80 Å². The van der Waals surface area contributed by atoms with Crippen molar-refractivity contribution in [3.05, 3.63) is 35.4 Å². The van der Waals surface area contributed by atoms with Crippen molar-refractivity contribution in [3.63, 3.8) is 0 Å². The van der Waals surface area contributed by atoms with E-state index in [1.807, 2.05) is 41.0 Å². The van der Waals surface area contributed by atoms with Gasteiger partial charge in [0.25, 0.3) is 5.91 Å². The molecule has 0 aliphatic carbocycles. The molecule has 1 unspecified atom stereocenters. The van der Waals surface area contributed by atoms with Gasteiger partial charge in [-0.15, -0.1) is 11.8 Å². The number of nitrogens with zero attached hydrogens (tertiary/aromatic N) is 2. The lowest BCUT2D eigenvalue weighted by atomic mass is 10.1. The zero-order valence-electron chi connectivity index (χ0n) is 12.7. The number of piperazine rings is 1. The van der Waals surface area contributed by atoms with Gasteiger partial charge in [-0.05, 0) is 19.1 Å². The normalized spacial score (nSPS) is 22.0. The molecule has 2 heterocycles. The van der Waals surface area contributed by atoms with Crippen LogP contribution in [0.25, 0.3) is 0 Å². The molecule has 1 N–H and O–H groups in total. The first kappa shape index (κ1) is 15.4. The molecule has 0 aromatic heterocycles. The molecule has 6 heteroatoms. The Morgan fingerprint density at radius 2 is 1.91 bits per heavy atom. The Labute approximate surface area is 135 Å². The number of amides is 2. The van der Waals surface area contributed by atoms with Crippen LogP contribution in [-0.4, -0.2) is 65.5 Å². The van der Waals surface area contributed by atoms with Crippen molar-refractivity contribution in [2.24, 2.45) is 0 Å². The maximum atomic E-state index is 12.5. The molecule has 0 bridgehead atoms. The third-order valence-electron chi connectivity index (χ3n) is 4.16. The van der Waals surface area contributed by atoms with E-state index in [1.54, 1.807) is 11.8 Å². The summed E-state index contributed by atoms with van der Waals surface area (Å²) in [5, 5.41) is 3.21. The molecule has 2 aliphatic heterocycles. The maximum absolute atomic E-state index is 12.5. The minimum Gasteiger partial charge on any atom is -0.338 e. The van der Waals surface area contributed by atoms with Crippen LogP contribution in [0.4, 0.5) is 0 Å². The summed E-state index contributed by atoms with van der Waals surface area (Å²) in [5.74, 6) is 1.93. The summed E-state index contributed by atoms with van der Waals surface area (Å²) in [7, 11) is 0. The predicted molar refractivity (Wildman–Crippen MR) is 87.9 cm³/mol. The van der Waals surface area contributed by atoms with E-state index in [0.717, 1.165) is 22.8 Å². The fourth-order valence-electron chi connectivity index (χ4n) is 2.86. The molecule has 1 aromatic rings. The van der Waals surface area contributed by atoms with Gasteiger partial charge in [-0.2, -0.15) is 0 Å². The molecule has 0 saturated carbocycles. The van der Waals surface area contributed by atoms with Crippen LogP contribution in [-0.2, 0) is 4.79 Å². The van der Waals surface area contributed by atoms with Gasteiger partial charge in [-0.1, -0.05) is 17.7 Å². The Hall–Kier alpha value is -1.53. The Morgan fingerprint density at radius 3 is 2.55 bits per heavy atom. The van der Waals surface area contributed by atoms with Crippen LogP contribution in [0.3, 0.4) is 0 Å². The first-order valence-electron chi connectivity index (χ1n) is 7.61. The number of carbonyl (C=O) groups excluding carboxylic acids is 2. The van der Waals surface area contributed by atoms with Gasteiger partial charge in [0.05, 0.1) is 6.04 Å². The van der Waals surface area contributed by atoms with Crippen LogP contribution in [0.15, 0.2) is 24.3 Å². The van der Waals surface area contributed by atoms with E-state index in [2.05, 4.69) is 5.32 Å². The van der Waals surface area contributed by atoms with Gasteiger partial charge >= 0.3 is 0 Å². The third-order valence-corrected chi connectivity index (χ3v) is 5.10. The maximum Gasteiger partial charge on any atom is 0.253 e. The Morgan fingerprint density at radius 1 is 1.18 bits per heavy atom. The number of benzene rings is 1. The Kier molecular flexibility index (Phi) is 4.69. The molecule has 118 valence electrons. The summed E-state index contributed by atoms with van der Waals surface area (Å²) in [5.41, 5.74) is 1.82. The number of carbonyl (C=O) groups is 2. The fourth-order valence-corrected chi connectivity index (χ4v) is 3.80. The highest BCUT2D eigenvalue weighted by atomic mass is 32.2. The van der Waals surface area contributed by atoms with Gasteiger partial charge in [0.1, 0.15) is 0 Å². The zero-order valence-corrected chi connectivity index (χ0v) is 13.6. The van der Waals surface area contributed by atoms with Crippen LogP contribution in [0.1, 0.15) is 15.9 Å². The molecule has 2 fully saturated rings. The minimum absolute atomic E-state index is 0.0518. The summed E-state index contributed by atoms with van der Waals surface area (Å²) in [6.45, 7) is 4.45. The van der Waals surface area contributed by atoms with Crippen molar-refractivity contribution >= 4 is 23.6 Å². The van der Waals surface area contributed by atoms with Crippen LogP contribution >= 0.6 is 11.8 Å². The lowest BCUT2D eigenvalue weighted by molar-refractivity contribution is -0.134. The van der Waals surface area contributed by atoms with Crippen LogP contribution in [0.5, 0.6) is 0 Å². The minimum atomic E-state index is -0.0518. The first-order valence-corrected chi connectivity index (χ1v) is 8.76. The van der Waals surface area contributed by atoms with Crippen LogP contribution < -0.4 is 5.32 Å². The molecule has 2 amide bonds. The smallest absolute Gasteiger partial charge is 0.253 e. The second-order valence-electron chi connectivity index (χ2n) is 5.76. The van der Waals surface area contributed by atoms with E-state index < -0.39 is 0 Å². The average Bonchev–Trinajstić information content (AvgIpc) is 3.08. The van der Waals surface area contributed by atoms with E-state index in [0.29, 0.717) is 26.2 Å². The largest absolute Gasteiger partial charge is 0.338 e. The number of hydrogen-bond donors (Lipinski definition) is 1. The molecule has 1 atom stereocenters. The van der Waals surface area contributed by atoms with Gasteiger partial charge in [-0.3, -0.25) is 14.9 Å². The van der Waals surface area contributed by atoms with Crippen LogP contribution in [0, 0.1) is 6.92 Å². The number of aryl methyl sites for hydroxylation is 1. The monoisotopic (exact) mass is 319 g/mol. The second kappa shape index (κ2) is 6.71. The Balaban J connectivity index is 1.57. The van der Waals surface area contributed by atoms with Gasteiger partial charge in [0.2, 0.25) is 5.91 Å². The van der Waals surface area contributed by atoms with E-state index >= 15 is 0 Å². The van der Waals surface area contributed by atoms with Crippen molar-refractivity contribution in [3.8, 4) is 0 Å². The van der Waals surface area contributed by atoms with Crippen molar-refractivity contribution in [2.45, 2.75) is 13.0 Å². The summed E-state index contributed by atoms with van der Waals surface area (Å²) < 4.78 is 0. The third kappa shape index (κ3) is 3.28. The average molecular weight is 319 g/mol. The topological polar surface area (TPSA) is 52.7 Å². The summed E-state index contributed by atoms with van der Waals surface area (Å²) in [4.78, 5) is 28.6. The molecule has 3 rings (SSSR count). The zero-order chi connectivity index (χ0) is 15.5. The van der Waals surface area contributed by atoms with E-state index in [-0.39, 0.29) is 17.9 Å². The van der Waals surface area contributed by atoms with Crippen molar-refractivity contribution in [1.82, 2.24) is 15.1 Å². The second-order valence-corrected chi connectivity index (χ2v) is 6.79. The molecule has 0 spiro atoms. The lowest BCUT2D eigenvalue weighted by Crippen LogP contribution is -2.54. The standard InChI is InChI=1S/C16H21N3O2S/c1-12-3-2-4-13(9-12)15(20)18-5-7-19(8-6-18)16(21)14-10-22-11-17-14/h2-4,9,14,17H,5-8,10-11H2,1H3. The van der Waals surface area contributed by atoms with Crippen molar-refractivity contribution < 1.29 is 9.59 Å². The van der Waals surface area contributed by atoms with E-state index in [1.165, 1.54) is 0 Å². The quantitative estimate of drug-likeness (QED) is 0.881. The van der Waals surface area contributed by atoms with Gasteiger partial charge in [0, 0.05) is 43.4 Å². The number of thioether (sulfide) groups is 1. The summed E-state index contributed by atoms with van der Waals surface area (Å²) in [6.07, 6.45) is 0. The Bertz CT molecular complexity index is 564. The molecular weight excluding hydrogens is 298 g/mol. The van der Waals surface area contributed by atoms with Crippen LogP contribution in [0.2, 0.25) is 0 Å². The lowest BCUT2D eigenvalue weighted by Gasteiger charge is -2.36. The molecule has 2 aliphatic rings. The number of hydrogen-bond acceptors (Lipinski definition) is 4. The SMILES string of the molecule is Cc1cccc(C(=O)N2CCN(C(=O)C3CSCN3)CC2)c1. The fraction of sp³-hybridized carbons (Fsp3) is 0.500. The molecule has 0 radical (unpaired) electrons. The molecule has 1 aromatic carbocycles. The molecule has 5 nitrogen and oxygen atoms in total. The summed E-state index contributed by atoms with van der Waals surface area (Å²) >= 11 is 1.76. The highest BCUT2D eigenvalue weighted by Gasteiger charge is 2.30. The molecular formula is C16H21N3O2S. The highest BCUT2D eigenvalue weighted by molar-refractivity contribution is 7.99. The van der Waals surface area contributed by atoms with Gasteiger partial charge in [-0.25, -0.2) is 0 Å². The summed E-state index contributed by atoms with van der Waals surface area (Å²) in [6, 6.07) is 7.61. The van der Waals surface area contributed by atoms with Crippen molar-refractivity contribution in [2.75, 3.05) is 37.8 Å². The predicted octanol–water partition coefficient (Wildman–Crippen LogP) is 0.942. The van der Waals surface area contributed by atoms with Gasteiger partial charge in [0.15, 0.2) is 0 Å². The molecule has 2 saturated heterocycles.